The van der Waals surface area contributed by atoms with Crippen molar-refractivity contribution in [2.45, 2.75) is 65.1 Å². The van der Waals surface area contributed by atoms with Gasteiger partial charge in [-0.15, -0.1) is 0 Å². The second-order valence-electron chi connectivity index (χ2n) is 8.59. The molecule has 2 aromatic rings. The molecular weight excluding hydrogens is 390 g/mol. The summed E-state index contributed by atoms with van der Waals surface area (Å²) in [6.07, 6.45) is 3.62. The number of nitrogens with one attached hydrogen (secondary N) is 1. The van der Waals surface area contributed by atoms with Crippen LogP contribution in [0.25, 0.3) is 0 Å². The maximum atomic E-state index is 6.37. The summed E-state index contributed by atoms with van der Waals surface area (Å²) in [5.74, 6) is 1.70. The maximum absolute atomic E-state index is 6.37. The third-order valence-electron chi connectivity index (χ3n) is 5.33. The van der Waals surface area contributed by atoms with Crippen LogP contribution in [-0.2, 0) is 16.0 Å². The van der Waals surface area contributed by atoms with Crippen molar-refractivity contribution >= 4 is 5.69 Å². The molecule has 2 unspecified atom stereocenters. The standard InChI is InChI=1S/C26H35NO4/c1-7-8-15-29-25-24(30-18(2)3)22-16-20(11-14-23(22)31-26(25,4)5)27-17-19-9-12-21(28-6)13-10-19/h7-14,16,18,24-25,27H,15,17H2,1-6H3. The number of rotatable bonds is 9. The van der Waals surface area contributed by atoms with Crippen molar-refractivity contribution in [2.24, 2.45) is 0 Å². The Hall–Kier alpha value is -2.50. The first-order chi connectivity index (χ1) is 14.8. The van der Waals surface area contributed by atoms with Gasteiger partial charge in [-0.3, -0.25) is 0 Å². The lowest BCUT2D eigenvalue weighted by atomic mass is 9.87. The minimum atomic E-state index is -0.508. The second-order valence-corrected chi connectivity index (χ2v) is 8.59. The first kappa shape index (κ1) is 23.2. The van der Waals surface area contributed by atoms with Gasteiger partial charge in [0.1, 0.15) is 29.3 Å². The van der Waals surface area contributed by atoms with Crippen LogP contribution in [0.15, 0.2) is 54.6 Å². The molecule has 0 aromatic heterocycles. The first-order valence-corrected chi connectivity index (χ1v) is 10.9. The molecule has 0 radical (unpaired) electrons. The lowest BCUT2D eigenvalue weighted by Crippen LogP contribution is -2.51. The molecule has 5 heteroatoms. The largest absolute Gasteiger partial charge is 0.497 e. The fourth-order valence-corrected chi connectivity index (χ4v) is 3.77. The molecule has 2 aromatic carbocycles. The molecule has 0 saturated heterocycles. The molecule has 2 atom stereocenters. The van der Waals surface area contributed by atoms with Gasteiger partial charge in [-0.05, 0) is 70.5 Å². The second kappa shape index (κ2) is 10.2. The number of benzene rings is 2. The van der Waals surface area contributed by atoms with Gasteiger partial charge in [-0.1, -0.05) is 24.3 Å². The summed E-state index contributed by atoms with van der Waals surface area (Å²) in [5, 5.41) is 3.51. The summed E-state index contributed by atoms with van der Waals surface area (Å²) in [4.78, 5) is 0. The third kappa shape index (κ3) is 5.81. The van der Waals surface area contributed by atoms with Gasteiger partial charge in [-0.25, -0.2) is 0 Å². The Balaban J connectivity index is 1.83. The van der Waals surface area contributed by atoms with Gasteiger partial charge >= 0.3 is 0 Å². The highest BCUT2D eigenvalue weighted by molar-refractivity contribution is 5.54. The van der Waals surface area contributed by atoms with Crippen LogP contribution in [-0.4, -0.2) is 31.5 Å². The van der Waals surface area contributed by atoms with E-state index < -0.39 is 5.60 Å². The Kier molecular flexibility index (Phi) is 7.63. The Morgan fingerprint density at radius 1 is 1.13 bits per heavy atom. The number of allylic oxidation sites excluding steroid dienone is 1. The third-order valence-corrected chi connectivity index (χ3v) is 5.33. The van der Waals surface area contributed by atoms with Gasteiger partial charge in [0.2, 0.25) is 0 Å². The average molecular weight is 426 g/mol. The molecule has 3 rings (SSSR count). The average Bonchev–Trinajstić information content (AvgIpc) is 2.74. The molecule has 0 amide bonds. The first-order valence-electron chi connectivity index (χ1n) is 10.9. The molecule has 31 heavy (non-hydrogen) atoms. The van der Waals surface area contributed by atoms with Crippen LogP contribution in [0.3, 0.4) is 0 Å². The summed E-state index contributed by atoms with van der Waals surface area (Å²) >= 11 is 0. The van der Waals surface area contributed by atoms with E-state index in [1.807, 2.05) is 43.3 Å². The summed E-state index contributed by atoms with van der Waals surface area (Å²) in [6.45, 7) is 11.5. The topological polar surface area (TPSA) is 49.0 Å². The highest BCUT2D eigenvalue weighted by atomic mass is 16.6. The predicted molar refractivity (Wildman–Crippen MR) is 125 cm³/mol. The zero-order valence-corrected chi connectivity index (χ0v) is 19.5. The van der Waals surface area contributed by atoms with E-state index in [1.165, 1.54) is 5.56 Å². The zero-order chi connectivity index (χ0) is 22.4. The van der Waals surface area contributed by atoms with Gasteiger partial charge < -0.3 is 24.3 Å². The number of hydrogen-bond acceptors (Lipinski definition) is 5. The van der Waals surface area contributed by atoms with Crippen molar-refractivity contribution in [3.8, 4) is 11.5 Å². The van der Waals surface area contributed by atoms with E-state index in [-0.39, 0.29) is 18.3 Å². The molecule has 168 valence electrons. The lowest BCUT2D eigenvalue weighted by molar-refractivity contribution is -0.168. The molecule has 0 saturated carbocycles. The van der Waals surface area contributed by atoms with Gasteiger partial charge in [0.05, 0.1) is 19.8 Å². The minimum Gasteiger partial charge on any atom is -0.497 e. The van der Waals surface area contributed by atoms with Crippen LogP contribution < -0.4 is 14.8 Å². The number of methoxy groups -OCH3 is 1. The Labute approximate surface area is 186 Å². The Bertz CT molecular complexity index is 873. The van der Waals surface area contributed by atoms with Crippen LogP contribution in [0.1, 0.15) is 51.8 Å². The minimum absolute atomic E-state index is 0.0653. The number of hydrogen-bond donors (Lipinski definition) is 1. The predicted octanol–water partition coefficient (Wildman–Crippen LogP) is 5.91. The number of fused-ring (bicyclic) bond motifs is 1. The molecule has 0 spiro atoms. The van der Waals surface area contributed by atoms with Crippen LogP contribution in [0.2, 0.25) is 0 Å². The van der Waals surface area contributed by atoms with Crippen LogP contribution in [0, 0.1) is 0 Å². The van der Waals surface area contributed by atoms with Gasteiger partial charge in [-0.2, -0.15) is 0 Å². The molecular formula is C26H35NO4. The van der Waals surface area contributed by atoms with Crippen LogP contribution in [0.5, 0.6) is 11.5 Å². The van der Waals surface area contributed by atoms with Crippen molar-refractivity contribution in [3.63, 3.8) is 0 Å². The summed E-state index contributed by atoms with van der Waals surface area (Å²) in [6, 6.07) is 14.3. The molecule has 1 N–H and O–H groups in total. The summed E-state index contributed by atoms with van der Waals surface area (Å²) in [5.41, 5.74) is 2.70. The molecule has 1 aliphatic heterocycles. The normalized spacial score (nSPS) is 19.8. The quantitative estimate of drug-likeness (QED) is 0.507. The molecule has 0 aliphatic carbocycles. The van der Waals surface area contributed by atoms with E-state index in [4.69, 9.17) is 18.9 Å². The molecule has 5 nitrogen and oxygen atoms in total. The summed E-state index contributed by atoms with van der Waals surface area (Å²) < 4.78 is 24.2. The summed E-state index contributed by atoms with van der Waals surface area (Å²) in [7, 11) is 1.68. The van der Waals surface area contributed by atoms with Crippen LogP contribution >= 0.6 is 0 Å². The van der Waals surface area contributed by atoms with Crippen molar-refractivity contribution < 1.29 is 18.9 Å². The van der Waals surface area contributed by atoms with Crippen LogP contribution in [0.4, 0.5) is 5.69 Å². The van der Waals surface area contributed by atoms with E-state index in [1.54, 1.807) is 7.11 Å². The van der Waals surface area contributed by atoms with Crippen molar-refractivity contribution in [1.82, 2.24) is 0 Å². The highest BCUT2D eigenvalue weighted by Gasteiger charge is 2.45. The maximum Gasteiger partial charge on any atom is 0.132 e. The van der Waals surface area contributed by atoms with Gasteiger partial charge in [0, 0.05) is 17.8 Å². The van der Waals surface area contributed by atoms with Gasteiger partial charge in [0.25, 0.3) is 0 Å². The molecule has 0 fully saturated rings. The number of anilines is 1. The van der Waals surface area contributed by atoms with Crippen molar-refractivity contribution in [3.05, 3.63) is 65.7 Å². The van der Waals surface area contributed by atoms with E-state index in [9.17, 15) is 0 Å². The molecule has 1 heterocycles. The van der Waals surface area contributed by atoms with E-state index in [0.717, 1.165) is 22.7 Å². The monoisotopic (exact) mass is 425 g/mol. The number of ether oxygens (including phenoxy) is 4. The smallest absolute Gasteiger partial charge is 0.132 e. The lowest BCUT2D eigenvalue weighted by Gasteiger charge is -2.44. The van der Waals surface area contributed by atoms with Gasteiger partial charge in [0.15, 0.2) is 0 Å². The highest BCUT2D eigenvalue weighted by Crippen LogP contribution is 2.44. The van der Waals surface area contributed by atoms with Crippen molar-refractivity contribution in [2.75, 3.05) is 19.0 Å². The van der Waals surface area contributed by atoms with E-state index >= 15 is 0 Å². The molecule has 1 aliphatic rings. The Morgan fingerprint density at radius 3 is 2.52 bits per heavy atom. The fourth-order valence-electron chi connectivity index (χ4n) is 3.77. The molecule has 0 bridgehead atoms. The SMILES string of the molecule is CC=CCOC1C(OC(C)C)c2cc(NCc3ccc(OC)cc3)ccc2OC1(C)C. The van der Waals surface area contributed by atoms with Crippen molar-refractivity contribution in [1.29, 1.82) is 0 Å². The zero-order valence-electron chi connectivity index (χ0n) is 19.5. The van der Waals surface area contributed by atoms with E-state index in [0.29, 0.717) is 13.2 Å². The fraction of sp³-hybridized carbons (Fsp3) is 0.462. The Morgan fingerprint density at radius 2 is 1.87 bits per heavy atom. The van der Waals surface area contributed by atoms with E-state index in [2.05, 4.69) is 51.2 Å².